The van der Waals surface area contributed by atoms with E-state index in [0.717, 1.165) is 41.3 Å². The van der Waals surface area contributed by atoms with E-state index in [2.05, 4.69) is 24.3 Å². The summed E-state index contributed by atoms with van der Waals surface area (Å²) in [5, 5.41) is 7.38. The number of aromatic nitrogens is 2. The number of hydrogen-bond acceptors (Lipinski definition) is 4. The number of hydrogen-bond donors (Lipinski definition) is 1. The highest BCUT2D eigenvalue weighted by molar-refractivity contribution is 5.96. The summed E-state index contributed by atoms with van der Waals surface area (Å²) in [5.41, 5.74) is 3.19. The standard InChI is InChI=1S/C21H31N3O3/c1-7-11-26-18-10-9-17(13-19(18)27-12-8-2)14(3)22-21(25)20-15(4)23-24(6)16(20)5/h9-10,13-14H,7-8,11-12H2,1-6H3,(H,22,25). The third-order valence-electron chi connectivity index (χ3n) is 4.47. The number of nitrogens with one attached hydrogen (secondary N) is 1. The minimum absolute atomic E-state index is 0.118. The van der Waals surface area contributed by atoms with E-state index in [1.165, 1.54) is 0 Å². The fraction of sp³-hybridized carbons (Fsp3) is 0.524. The van der Waals surface area contributed by atoms with Crippen LogP contribution in [0.15, 0.2) is 18.2 Å². The summed E-state index contributed by atoms with van der Waals surface area (Å²) in [6.45, 7) is 11.1. The van der Waals surface area contributed by atoms with Gasteiger partial charge in [-0.1, -0.05) is 19.9 Å². The van der Waals surface area contributed by atoms with Gasteiger partial charge in [0, 0.05) is 12.7 Å². The van der Waals surface area contributed by atoms with E-state index >= 15 is 0 Å². The van der Waals surface area contributed by atoms with Crippen LogP contribution in [-0.4, -0.2) is 28.9 Å². The molecule has 0 aliphatic carbocycles. The number of aryl methyl sites for hydroxylation is 2. The van der Waals surface area contributed by atoms with E-state index in [0.29, 0.717) is 18.8 Å². The normalized spacial score (nSPS) is 11.9. The van der Waals surface area contributed by atoms with Crippen LogP contribution in [0.4, 0.5) is 0 Å². The average molecular weight is 373 g/mol. The zero-order valence-corrected chi connectivity index (χ0v) is 17.3. The maximum absolute atomic E-state index is 12.7. The molecule has 0 aliphatic heterocycles. The molecule has 0 fully saturated rings. The largest absolute Gasteiger partial charge is 0.490 e. The van der Waals surface area contributed by atoms with Crippen LogP contribution < -0.4 is 14.8 Å². The molecule has 6 nitrogen and oxygen atoms in total. The van der Waals surface area contributed by atoms with E-state index in [1.54, 1.807) is 4.68 Å². The van der Waals surface area contributed by atoms with Crippen molar-refractivity contribution in [3.05, 3.63) is 40.7 Å². The summed E-state index contributed by atoms with van der Waals surface area (Å²) in [6, 6.07) is 5.67. The molecule has 0 aliphatic rings. The van der Waals surface area contributed by atoms with Gasteiger partial charge in [0.2, 0.25) is 0 Å². The summed E-state index contributed by atoms with van der Waals surface area (Å²) >= 11 is 0. The van der Waals surface area contributed by atoms with E-state index in [9.17, 15) is 4.79 Å². The lowest BCUT2D eigenvalue weighted by molar-refractivity contribution is 0.0938. The molecular weight excluding hydrogens is 342 g/mol. The molecule has 1 unspecified atom stereocenters. The maximum Gasteiger partial charge on any atom is 0.255 e. The van der Waals surface area contributed by atoms with Crippen LogP contribution in [0, 0.1) is 13.8 Å². The second-order valence-corrected chi connectivity index (χ2v) is 6.77. The zero-order valence-electron chi connectivity index (χ0n) is 17.3. The van der Waals surface area contributed by atoms with Crippen LogP contribution in [0.25, 0.3) is 0 Å². The highest BCUT2D eigenvalue weighted by Crippen LogP contribution is 2.31. The smallest absolute Gasteiger partial charge is 0.255 e. The molecular formula is C21H31N3O3. The van der Waals surface area contributed by atoms with Crippen LogP contribution in [0.3, 0.4) is 0 Å². The van der Waals surface area contributed by atoms with Crippen molar-refractivity contribution in [3.63, 3.8) is 0 Å². The van der Waals surface area contributed by atoms with Crippen molar-refractivity contribution in [1.29, 1.82) is 0 Å². The van der Waals surface area contributed by atoms with Crippen molar-refractivity contribution in [2.24, 2.45) is 7.05 Å². The minimum Gasteiger partial charge on any atom is -0.490 e. The Morgan fingerprint density at radius 3 is 2.33 bits per heavy atom. The molecule has 2 rings (SSSR count). The molecule has 0 bridgehead atoms. The summed E-state index contributed by atoms with van der Waals surface area (Å²) in [6.07, 6.45) is 1.86. The number of ether oxygens (including phenoxy) is 2. The van der Waals surface area contributed by atoms with Crippen LogP contribution in [0.2, 0.25) is 0 Å². The SMILES string of the molecule is CCCOc1ccc(C(C)NC(=O)c2c(C)nn(C)c2C)cc1OCCC. The Morgan fingerprint density at radius 2 is 1.78 bits per heavy atom. The lowest BCUT2D eigenvalue weighted by atomic mass is 10.1. The summed E-state index contributed by atoms with van der Waals surface area (Å²) in [7, 11) is 1.84. The molecule has 0 radical (unpaired) electrons. The Morgan fingerprint density at radius 1 is 1.15 bits per heavy atom. The molecule has 1 heterocycles. The van der Waals surface area contributed by atoms with E-state index < -0.39 is 0 Å². The van der Waals surface area contributed by atoms with Crippen molar-refractivity contribution in [1.82, 2.24) is 15.1 Å². The Labute approximate surface area is 161 Å². The molecule has 0 saturated carbocycles. The predicted molar refractivity (Wildman–Crippen MR) is 107 cm³/mol. The third-order valence-corrected chi connectivity index (χ3v) is 4.47. The Balaban J connectivity index is 2.19. The maximum atomic E-state index is 12.7. The lowest BCUT2D eigenvalue weighted by Gasteiger charge is -2.18. The van der Waals surface area contributed by atoms with E-state index in [4.69, 9.17) is 9.47 Å². The quantitative estimate of drug-likeness (QED) is 0.718. The fourth-order valence-electron chi connectivity index (χ4n) is 2.90. The number of rotatable bonds is 9. The van der Waals surface area contributed by atoms with Gasteiger partial charge in [0.1, 0.15) is 0 Å². The van der Waals surface area contributed by atoms with E-state index in [1.807, 2.05) is 46.0 Å². The first-order valence-electron chi connectivity index (χ1n) is 9.59. The molecule has 1 aromatic carbocycles. The second-order valence-electron chi connectivity index (χ2n) is 6.77. The molecule has 1 amide bonds. The second kappa shape index (κ2) is 9.44. The van der Waals surface area contributed by atoms with Crippen LogP contribution in [0.1, 0.15) is 67.0 Å². The van der Waals surface area contributed by atoms with Gasteiger partial charge in [0.15, 0.2) is 11.5 Å². The number of nitrogens with zero attached hydrogens (tertiary/aromatic N) is 2. The van der Waals surface area contributed by atoms with Crippen LogP contribution >= 0.6 is 0 Å². The van der Waals surface area contributed by atoms with Gasteiger partial charge in [0.05, 0.1) is 30.5 Å². The third kappa shape index (κ3) is 5.02. The van der Waals surface area contributed by atoms with Crippen LogP contribution in [0.5, 0.6) is 11.5 Å². The molecule has 6 heteroatoms. The molecule has 0 saturated heterocycles. The highest BCUT2D eigenvalue weighted by Gasteiger charge is 2.20. The van der Waals surface area contributed by atoms with Gasteiger partial charge in [0.25, 0.3) is 5.91 Å². The van der Waals surface area contributed by atoms with Gasteiger partial charge in [-0.2, -0.15) is 5.10 Å². The number of carbonyl (C=O) groups is 1. The first kappa shape index (κ1) is 20.8. The number of carbonyl (C=O) groups excluding carboxylic acids is 1. The van der Waals surface area contributed by atoms with Gasteiger partial charge in [-0.25, -0.2) is 0 Å². The summed E-state index contributed by atoms with van der Waals surface area (Å²) in [5.74, 6) is 1.34. The van der Waals surface area contributed by atoms with Crippen molar-refractivity contribution in [2.75, 3.05) is 13.2 Å². The molecule has 1 atom stereocenters. The lowest BCUT2D eigenvalue weighted by Crippen LogP contribution is -2.27. The average Bonchev–Trinajstić information content (AvgIpc) is 2.90. The Hall–Kier alpha value is -2.50. The number of benzene rings is 1. The number of amides is 1. The Bertz CT molecular complexity index is 783. The Kier molecular flexibility index (Phi) is 7.28. The van der Waals surface area contributed by atoms with Gasteiger partial charge < -0.3 is 14.8 Å². The zero-order chi connectivity index (χ0) is 20.0. The van der Waals surface area contributed by atoms with Crippen molar-refractivity contribution >= 4 is 5.91 Å². The van der Waals surface area contributed by atoms with Gasteiger partial charge in [-0.15, -0.1) is 0 Å². The monoisotopic (exact) mass is 373 g/mol. The minimum atomic E-state index is -0.166. The van der Waals surface area contributed by atoms with Crippen molar-refractivity contribution in [3.8, 4) is 11.5 Å². The van der Waals surface area contributed by atoms with Gasteiger partial charge in [-0.05, 0) is 51.3 Å². The van der Waals surface area contributed by atoms with Crippen LogP contribution in [-0.2, 0) is 7.05 Å². The molecule has 27 heavy (non-hydrogen) atoms. The van der Waals surface area contributed by atoms with Gasteiger partial charge in [-0.3, -0.25) is 9.48 Å². The fourth-order valence-corrected chi connectivity index (χ4v) is 2.90. The molecule has 0 spiro atoms. The summed E-state index contributed by atoms with van der Waals surface area (Å²) < 4.78 is 13.4. The molecule has 148 valence electrons. The van der Waals surface area contributed by atoms with Gasteiger partial charge >= 0.3 is 0 Å². The highest BCUT2D eigenvalue weighted by atomic mass is 16.5. The molecule has 1 aromatic heterocycles. The van der Waals surface area contributed by atoms with Crippen molar-refractivity contribution in [2.45, 2.75) is 53.5 Å². The molecule has 2 aromatic rings. The molecule has 1 N–H and O–H groups in total. The first-order chi connectivity index (χ1) is 12.9. The predicted octanol–water partition coefficient (Wildman–Crippen LogP) is 4.11. The topological polar surface area (TPSA) is 65.4 Å². The van der Waals surface area contributed by atoms with Crippen molar-refractivity contribution < 1.29 is 14.3 Å². The van der Waals surface area contributed by atoms with E-state index in [-0.39, 0.29) is 11.9 Å². The summed E-state index contributed by atoms with van der Waals surface area (Å²) in [4.78, 5) is 12.7. The first-order valence-corrected chi connectivity index (χ1v) is 9.59.